The Balaban J connectivity index is 2.13. The first-order valence-corrected chi connectivity index (χ1v) is 7.15. The third-order valence-corrected chi connectivity index (χ3v) is 3.05. The average molecular weight is 311 g/mol. The van der Waals surface area contributed by atoms with Gasteiger partial charge in [-0.05, 0) is 31.2 Å². The third kappa shape index (κ3) is 4.44. The van der Waals surface area contributed by atoms with Crippen molar-refractivity contribution in [2.45, 2.75) is 6.92 Å². The second kappa shape index (κ2) is 7.79. The smallest absolute Gasteiger partial charge is 0.337 e. The van der Waals surface area contributed by atoms with Crippen molar-refractivity contribution in [1.29, 1.82) is 0 Å². The van der Waals surface area contributed by atoms with Gasteiger partial charge in [0.25, 0.3) is 0 Å². The summed E-state index contributed by atoms with van der Waals surface area (Å²) < 4.78 is 5.48. The third-order valence-electron chi connectivity index (χ3n) is 3.05. The number of carboxylic acid groups (broad SMARTS) is 1. The molecule has 0 fully saturated rings. The molecule has 2 aromatic rings. The molecule has 0 aliphatic rings. The number of carbonyl (C=O) groups excluding carboxylic acids is 1. The summed E-state index contributed by atoms with van der Waals surface area (Å²) in [5, 5.41) is 11.7. The quantitative estimate of drug-likeness (QED) is 0.801. The summed E-state index contributed by atoms with van der Waals surface area (Å²) in [7, 11) is 0. The normalized spacial score (nSPS) is 10.5. The van der Waals surface area contributed by atoms with E-state index in [1.807, 2.05) is 31.2 Å². The van der Waals surface area contributed by atoms with E-state index in [2.05, 4.69) is 5.32 Å². The fourth-order valence-corrected chi connectivity index (χ4v) is 2.02. The molecular formula is C18H17NO4. The molecule has 5 nitrogen and oxygen atoms in total. The molecule has 0 heterocycles. The van der Waals surface area contributed by atoms with E-state index in [0.717, 1.165) is 5.56 Å². The van der Waals surface area contributed by atoms with E-state index < -0.39 is 11.9 Å². The van der Waals surface area contributed by atoms with E-state index in [1.54, 1.807) is 24.3 Å². The molecule has 0 aliphatic heterocycles. The summed E-state index contributed by atoms with van der Waals surface area (Å²) in [5.41, 5.74) is 1.08. The summed E-state index contributed by atoms with van der Waals surface area (Å²) in [5.74, 6) is -0.818. The Morgan fingerprint density at radius 1 is 1.13 bits per heavy atom. The lowest BCUT2D eigenvalue weighted by molar-refractivity contribution is -0.111. The summed E-state index contributed by atoms with van der Waals surface area (Å²) >= 11 is 0. The van der Waals surface area contributed by atoms with E-state index in [4.69, 9.17) is 9.84 Å². The Hall–Kier alpha value is -3.08. The van der Waals surface area contributed by atoms with Crippen LogP contribution in [0.2, 0.25) is 0 Å². The summed E-state index contributed by atoms with van der Waals surface area (Å²) in [6, 6.07) is 13.6. The fraction of sp³-hybridized carbons (Fsp3) is 0.111. The highest BCUT2D eigenvalue weighted by atomic mass is 16.5. The minimum atomic E-state index is -1.09. The summed E-state index contributed by atoms with van der Waals surface area (Å²) in [6.07, 6.45) is 2.97. The van der Waals surface area contributed by atoms with Crippen molar-refractivity contribution in [2.75, 3.05) is 11.9 Å². The maximum absolute atomic E-state index is 12.0. The van der Waals surface area contributed by atoms with Gasteiger partial charge in [0.05, 0.1) is 17.9 Å². The number of nitrogens with one attached hydrogen (secondary N) is 1. The minimum Gasteiger partial charge on any atom is -0.493 e. The number of hydrogen-bond acceptors (Lipinski definition) is 3. The highest BCUT2D eigenvalue weighted by molar-refractivity contribution is 6.06. The van der Waals surface area contributed by atoms with Crippen molar-refractivity contribution >= 4 is 23.6 Å². The van der Waals surface area contributed by atoms with E-state index in [9.17, 15) is 9.59 Å². The molecule has 2 aromatic carbocycles. The first-order valence-electron chi connectivity index (χ1n) is 7.15. The molecule has 0 atom stereocenters. The van der Waals surface area contributed by atoms with Gasteiger partial charge < -0.3 is 15.2 Å². The van der Waals surface area contributed by atoms with Gasteiger partial charge in [-0.3, -0.25) is 4.79 Å². The van der Waals surface area contributed by atoms with Gasteiger partial charge in [0.2, 0.25) is 5.91 Å². The highest BCUT2D eigenvalue weighted by Crippen LogP contribution is 2.20. The van der Waals surface area contributed by atoms with Crippen LogP contribution in [0.3, 0.4) is 0 Å². The van der Waals surface area contributed by atoms with Crippen molar-refractivity contribution in [3.8, 4) is 5.75 Å². The zero-order valence-electron chi connectivity index (χ0n) is 12.7. The van der Waals surface area contributed by atoms with Gasteiger partial charge in [0.1, 0.15) is 5.75 Å². The van der Waals surface area contributed by atoms with E-state index >= 15 is 0 Å². The van der Waals surface area contributed by atoms with Gasteiger partial charge in [-0.25, -0.2) is 4.79 Å². The van der Waals surface area contributed by atoms with Crippen LogP contribution in [-0.4, -0.2) is 23.6 Å². The lowest BCUT2D eigenvalue weighted by Crippen LogP contribution is -2.11. The second-order valence-electron chi connectivity index (χ2n) is 4.64. The molecule has 0 saturated heterocycles. The van der Waals surface area contributed by atoms with Crippen LogP contribution >= 0.6 is 0 Å². The molecule has 0 unspecified atom stereocenters. The molecule has 0 spiro atoms. The zero-order chi connectivity index (χ0) is 16.7. The number of para-hydroxylation sites is 2. The van der Waals surface area contributed by atoms with Crippen LogP contribution < -0.4 is 10.1 Å². The second-order valence-corrected chi connectivity index (χ2v) is 4.64. The zero-order valence-corrected chi connectivity index (χ0v) is 12.7. The van der Waals surface area contributed by atoms with Crippen molar-refractivity contribution < 1.29 is 19.4 Å². The minimum absolute atomic E-state index is 0.0453. The predicted molar refractivity (Wildman–Crippen MR) is 88.7 cm³/mol. The first kappa shape index (κ1) is 16.3. The monoisotopic (exact) mass is 311 g/mol. The predicted octanol–water partition coefficient (Wildman–Crippen LogP) is 3.44. The van der Waals surface area contributed by atoms with Crippen LogP contribution in [-0.2, 0) is 4.79 Å². The Morgan fingerprint density at radius 2 is 1.83 bits per heavy atom. The van der Waals surface area contributed by atoms with Gasteiger partial charge in [-0.1, -0.05) is 30.3 Å². The van der Waals surface area contributed by atoms with Crippen LogP contribution in [0, 0.1) is 0 Å². The number of amides is 1. The van der Waals surface area contributed by atoms with Crippen LogP contribution in [0.5, 0.6) is 5.75 Å². The molecule has 0 aromatic heterocycles. The number of carboxylic acids is 1. The fourth-order valence-electron chi connectivity index (χ4n) is 2.02. The van der Waals surface area contributed by atoms with E-state index in [1.165, 1.54) is 12.1 Å². The molecule has 0 aliphatic carbocycles. The number of anilines is 1. The standard InChI is InChI=1S/C18H17NO4/c1-2-23-16-10-6-3-7-13(16)11-12-17(20)19-15-9-5-4-8-14(15)18(21)22/h3-12H,2H2,1H3,(H,19,20)(H,21,22)/b12-11+. The Labute approximate surface area is 134 Å². The average Bonchev–Trinajstić information content (AvgIpc) is 2.54. The molecule has 2 N–H and O–H groups in total. The number of ether oxygens (including phenoxy) is 1. The summed E-state index contributed by atoms with van der Waals surface area (Å²) in [6.45, 7) is 2.42. The van der Waals surface area contributed by atoms with Crippen LogP contribution in [0.25, 0.3) is 6.08 Å². The molecule has 118 valence electrons. The lowest BCUT2D eigenvalue weighted by atomic mass is 10.1. The number of aromatic carboxylic acids is 1. The number of rotatable bonds is 6. The molecule has 23 heavy (non-hydrogen) atoms. The van der Waals surface area contributed by atoms with Gasteiger partial charge >= 0.3 is 5.97 Å². The highest BCUT2D eigenvalue weighted by Gasteiger charge is 2.10. The molecule has 0 bridgehead atoms. The Bertz CT molecular complexity index is 737. The van der Waals surface area contributed by atoms with Crippen LogP contribution in [0.15, 0.2) is 54.6 Å². The maximum atomic E-state index is 12.0. The van der Waals surface area contributed by atoms with Crippen molar-refractivity contribution in [3.63, 3.8) is 0 Å². The van der Waals surface area contributed by atoms with Crippen molar-refractivity contribution in [2.24, 2.45) is 0 Å². The summed E-state index contributed by atoms with van der Waals surface area (Å²) in [4.78, 5) is 23.1. The van der Waals surface area contributed by atoms with Crippen LogP contribution in [0.1, 0.15) is 22.8 Å². The van der Waals surface area contributed by atoms with Gasteiger partial charge in [0.15, 0.2) is 0 Å². The molecule has 1 amide bonds. The topological polar surface area (TPSA) is 75.6 Å². The van der Waals surface area contributed by atoms with Crippen LogP contribution in [0.4, 0.5) is 5.69 Å². The Kier molecular flexibility index (Phi) is 5.52. The van der Waals surface area contributed by atoms with Crippen molar-refractivity contribution in [1.82, 2.24) is 0 Å². The Morgan fingerprint density at radius 3 is 2.57 bits per heavy atom. The van der Waals surface area contributed by atoms with E-state index in [0.29, 0.717) is 12.4 Å². The maximum Gasteiger partial charge on any atom is 0.337 e. The number of hydrogen-bond donors (Lipinski definition) is 2. The molecule has 0 saturated carbocycles. The SMILES string of the molecule is CCOc1ccccc1/C=C/C(=O)Nc1ccccc1C(=O)O. The number of carbonyl (C=O) groups is 2. The van der Waals surface area contributed by atoms with Gasteiger partial charge in [-0.15, -0.1) is 0 Å². The number of benzene rings is 2. The first-order chi connectivity index (χ1) is 11.1. The molecule has 0 radical (unpaired) electrons. The van der Waals surface area contributed by atoms with Gasteiger partial charge in [-0.2, -0.15) is 0 Å². The molecular weight excluding hydrogens is 294 g/mol. The molecule has 5 heteroatoms. The largest absolute Gasteiger partial charge is 0.493 e. The van der Waals surface area contributed by atoms with Crippen molar-refractivity contribution in [3.05, 3.63) is 65.7 Å². The lowest BCUT2D eigenvalue weighted by Gasteiger charge is -2.07. The van der Waals surface area contributed by atoms with Gasteiger partial charge in [0, 0.05) is 11.6 Å². The molecule has 2 rings (SSSR count). The van der Waals surface area contributed by atoms with E-state index in [-0.39, 0.29) is 11.3 Å².